The van der Waals surface area contributed by atoms with E-state index >= 15 is 0 Å². The Morgan fingerprint density at radius 3 is 2.30 bits per heavy atom. The molecule has 0 saturated heterocycles. The lowest BCUT2D eigenvalue weighted by Gasteiger charge is -2.19. The van der Waals surface area contributed by atoms with E-state index in [2.05, 4.69) is 71.0 Å². The minimum Gasteiger partial charge on any atom is -0.375 e. The minimum atomic E-state index is -0.0535. The molecule has 4 rings (SSSR count). The second-order valence-electron chi connectivity index (χ2n) is 8.27. The van der Waals surface area contributed by atoms with Gasteiger partial charge in [-0.3, -0.25) is 9.78 Å². The first kappa shape index (κ1) is 22.3. The van der Waals surface area contributed by atoms with E-state index in [1.165, 1.54) is 5.69 Å². The normalized spacial score (nSPS) is 10.8. The number of anilines is 1. The number of para-hydroxylation sites is 1. The molecule has 0 radical (unpaired) electrons. The lowest BCUT2D eigenvalue weighted by atomic mass is 10.1. The Balaban J connectivity index is 1.38. The van der Waals surface area contributed by atoms with Gasteiger partial charge in [-0.15, -0.1) is 0 Å². The van der Waals surface area contributed by atoms with Crippen LogP contribution in [0.1, 0.15) is 28.2 Å². The lowest BCUT2D eigenvalue weighted by Crippen LogP contribution is -2.28. The molecule has 1 N–H and O–H groups in total. The van der Waals surface area contributed by atoms with Gasteiger partial charge in [-0.05, 0) is 68.8 Å². The van der Waals surface area contributed by atoms with Crippen molar-refractivity contribution in [2.45, 2.75) is 20.3 Å². The van der Waals surface area contributed by atoms with E-state index in [-0.39, 0.29) is 5.91 Å². The van der Waals surface area contributed by atoms with Gasteiger partial charge >= 0.3 is 0 Å². The zero-order chi connectivity index (χ0) is 23.2. The van der Waals surface area contributed by atoms with Gasteiger partial charge in [0.05, 0.1) is 11.4 Å². The molecule has 0 unspecified atom stereocenters. The first-order chi connectivity index (χ1) is 16.0. The molecule has 0 aliphatic carbocycles. The van der Waals surface area contributed by atoms with Gasteiger partial charge in [-0.1, -0.05) is 30.3 Å². The molecule has 4 aromatic rings. The molecule has 168 valence electrons. The number of amides is 1. The molecule has 0 fully saturated rings. The molecular weight excluding hydrogens is 408 g/mol. The number of nitrogens with zero attached hydrogens (tertiary/aromatic N) is 3. The number of nitrogens with one attached hydrogen (secondary N) is 1. The molecule has 5 nitrogen and oxygen atoms in total. The quantitative estimate of drug-likeness (QED) is 0.374. The van der Waals surface area contributed by atoms with E-state index in [1.54, 1.807) is 6.20 Å². The summed E-state index contributed by atoms with van der Waals surface area (Å²) in [5.41, 5.74) is 7.08. The Bertz CT molecular complexity index is 1190. The Hall–Kier alpha value is -3.86. The predicted octanol–water partition coefficient (Wildman–Crippen LogP) is 5.41. The monoisotopic (exact) mass is 438 g/mol. The molecule has 2 heterocycles. The number of hydrogen-bond donors (Lipinski definition) is 1. The maximum atomic E-state index is 12.6. The fraction of sp³-hybridized carbons (Fsp3) is 0.214. The first-order valence-electron chi connectivity index (χ1n) is 11.3. The Labute approximate surface area is 195 Å². The fourth-order valence-corrected chi connectivity index (χ4v) is 4.06. The van der Waals surface area contributed by atoms with Gasteiger partial charge in [0.2, 0.25) is 0 Å². The van der Waals surface area contributed by atoms with Crippen molar-refractivity contribution in [3.63, 3.8) is 0 Å². The summed E-state index contributed by atoms with van der Waals surface area (Å²) in [6.45, 7) is 5.70. The molecule has 1 amide bonds. The number of carbonyl (C=O) groups is 1. The molecular formula is C28H30N4O. The molecule has 0 aliphatic rings. The summed E-state index contributed by atoms with van der Waals surface area (Å²) in [6, 6.07) is 26.2. The molecule has 0 aliphatic heterocycles. The average molecular weight is 439 g/mol. The standard InChI is InChI=1S/C28H30N4O/c1-21-12-13-22(2)32(21)26-11-7-18-29-27(26)23-14-16-24(17-15-23)28(33)30-19-8-20-31(3)25-9-5-4-6-10-25/h4-7,9-18H,8,19-20H2,1-3H3,(H,30,33). The summed E-state index contributed by atoms with van der Waals surface area (Å²) in [5.74, 6) is -0.0535. The van der Waals surface area contributed by atoms with Crippen LogP contribution in [0.2, 0.25) is 0 Å². The van der Waals surface area contributed by atoms with Gasteiger partial charge in [-0.2, -0.15) is 0 Å². The zero-order valence-corrected chi connectivity index (χ0v) is 19.5. The van der Waals surface area contributed by atoms with Crippen LogP contribution in [0.4, 0.5) is 5.69 Å². The Kier molecular flexibility index (Phi) is 6.89. The van der Waals surface area contributed by atoms with Crippen LogP contribution in [-0.2, 0) is 0 Å². The summed E-state index contributed by atoms with van der Waals surface area (Å²) in [7, 11) is 2.07. The van der Waals surface area contributed by atoms with Crippen molar-refractivity contribution >= 4 is 11.6 Å². The summed E-state index contributed by atoms with van der Waals surface area (Å²) >= 11 is 0. The van der Waals surface area contributed by atoms with Gasteiger partial charge in [0.1, 0.15) is 0 Å². The summed E-state index contributed by atoms with van der Waals surface area (Å²) in [5, 5.41) is 3.03. The lowest BCUT2D eigenvalue weighted by molar-refractivity contribution is 0.0953. The number of carbonyl (C=O) groups excluding carboxylic acids is 1. The number of aryl methyl sites for hydroxylation is 2. The van der Waals surface area contributed by atoms with E-state index in [4.69, 9.17) is 0 Å². The molecule has 2 aromatic heterocycles. The largest absolute Gasteiger partial charge is 0.375 e. The minimum absolute atomic E-state index is 0.0535. The predicted molar refractivity (Wildman–Crippen MR) is 135 cm³/mol. The molecule has 2 aromatic carbocycles. The van der Waals surface area contributed by atoms with Crippen LogP contribution < -0.4 is 10.2 Å². The highest BCUT2D eigenvalue weighted by atomic mass is 16.1. The number of hydrogen-bond acceptors (Lipinski definition) is 3. The Morgan fingerprint density at radius 1 is 0.909 bits per heavy atom. The van der Waals surface area contributed by atoms with E-state index in [1.807, 2.05) is 48.5 Å². The number of aromatic nitrogens is 2. The van der Waals surface area contributed by atoms with Gasteiger partial charge in [0, 0.05) is 54.5 Å². The van der Waals surface area contributed by atoms with E-state index in [9.17, 15) is 4.79 Å². The topological polar surface area (TPSA) is 50.2 Å². The zero-order valence-electron chi connectivity index (χ0n) is 19.5. The van der Waals surface area contributed by atoms with Crippen molar-refractivity contribution in [3.05, 3.63) is 102 Å². The molecule has 0 saturated carbocycles. The average Bonchev–Trinajstić information content (AvgIpc) is 3.19. The van der Waals surface area contributed by atoms with Crippen molar-refractivity contribution in [2.75, 3.05) is 25.0 Å². The van der Waals surface area contributed by atoms with Crippen LogP contribution in [0, 0.1) is 13.8 Å². The second kappa shape index (κ2) is 10.2. The number of rotatable bonds is 8. The molecule has 0 spiro atoms. The van der Waals surface area contributed by atoms with E-state index in [0.717, 1.165) is 41.3 Å². The van der Waals surface area contributed by atoms with Crippen LogP contribution >= 0.6 is 0 Å². The molecule has 33 heavy (non-hydrogen) atoms. The smallest absolute Gasteiger partial charge is 0.251 e. The van der Waals surface area contributed by atoms with E-state index in [0.29, 0.717) is 12.1 Å². The van der Waals surface area contributed by atoms with E-state index < -0.39 is 0 Å². The molecule has 5 heteroatoms. The van der Waals surface area contributed by atoms with Crippen molar-refractivity contribution in [1.82, 2.24) is 14.9 Å². The Morgan fingerprint density at radius 2 is 1.61 bits per heavy atom. The fourth-order valence-electron chi connectivity index (χ4n) is 4.06. The van der Waals surface area contributed by atoms with Crippen LogP contribution in [0.3, 0.4) is 0 Å². The first-order valence-corrected chi connectivity index (χ1v) is 11.3. The third-order valence-electron chi connectivity index (χ3n) is 5.87. The molecule has 0 atom stereocenters. The highest BCUT2D eigenvalue weighted by molar-refractivity contribution is 5.94. The van der Waals surface area contributed by atoms with Crippen molar-refractivity contribution < 1.29 is 4.79 Å². The van der Waals surface area contributed by atoms with Crippen LogP contribution in [0.15, 0.2) is 85.1 Å². The number of benzene rings is 2. The SMILES string of the molecule is Cc1ccc(C)n1-c1cccnc1-c1ccc(C(=O)NCCCN(C)c2ccccc2)cc1. The summed E-state index contributed by atoms with van der Waals surface area (Å²) < 4.78 is 2.20. The third-order valence-corrected chi connectivity index (χ3v) is 5.87. The van der Waals surface area contributed by atoms with Gasteiger partial charge in [0.25, 0.3) is 5.91 Å². The van der Waals surface area contributed by atoms with Gasteiger partial charge in [0.15, 0.2) is 0 Å². The van der Waals surface area contributed by atoms with Gasteiger partial charge < -0.3 is 14.8 Å². The molecule has 0 bridgehead atoms. The highest BCUT2D eigenvalue weighted by Crippen LogP contribution is 2.27. The summed E-state index contributed by atoms with van der Waals surface area (Å²) in [6.07, 6.45) is 2.68. The second-order valence-corrected chi connectivity index (χ2v) is 8.27. The summed E-state index contributed by atoms with van der Waals surface area (Å²) in [4.78, 5) is 19.4. The maximum Gasteiger partial charge on any atom is 0.251 e. The van der Waals surface area contributed by atoms with Crippen molar-refractivity contribution in [2.24, 2.45) is 0 Å². The van der Waals surface area contributed by atoms with Gasteiger partial charge in [-0.25, -0.2) is 0 Å². The van der Waals surface area contributed by atoms with Crippen LogP contribution in [-0.4, -0.2) is 35.6 Å². The third kappa shape index (κ3) is 5.14. The number of pyridine rings is 1. The van der Waals surface area contributed by atoms with Crippen molar-refractivity contribution in [1.29, 1.82) is 0 Å². The van der Waals surface area contributed by atoms with Crippen LogP contribution in [0.5, 0.6) is 0 Å². The highest BCUT2D eigenvalue weighted by Gasteiger charge is 2.13. The van der Waals surface area contributed by atoms with Crippen LogP contribution in [0.25, 0.3) is 16.9 Å². The maximum absolute atomic E-state index is 12.6. The van der Waals surface area contributed by atoms with Crippen molar-refractivity contribution in [3.8, 4) is 16.9 Å².